The normalized spacial score (nSPS) is 10.4. The molecular weight excluding hydrogens is 288 g/mol. The molecule has 2 N–H and O–H groups in total. The maximum atomic E-state index is 12.2. The molecule has 0 heterocycles. The molecule has 0 aliphatic heterocycles. The molecule has 2 rings (SSSR count). The standard InChI is InChI=1S/C19H22N2O2/c1-13(2)16-11-7-8-14(3)19(16)21-18(23)12-17(22)20-15-9-5-4-6-10-15/h4-11,13H,12H2,1-3H3,(H,20,22)(H,21,23). The van der Waals surface area contributed by atoms with E-state index in [9.17, 15) is 9.59 Å². The molecule has 0 radical (unpaired) electrons. The first kappa shape index (κ1) is 16.7. The predicted molar refractivity (Wildman–Crippen MR) is 93.6 cm³/mol. The molecule has 0 fully saturated rings. The Balaban J connectivity index is 2.01. The first-order chi connectivity index (χ1) is 11.0. The van der Waals surface area contributed by atoms with E-state index in [1.807, 2.05) is 43.3 Å². The van der Waals surface area contributed by atoms with Gasteiger partial charge in [0.2, 0.25) is 11.8 Å². The van der Waals surface area contributed by atoms with Gasteiger partial charge in [-0.15, -0.1) is 0 Å². The average molecular weight is 310 g/mol. The highest BCUT2D eigenvalue weighted by Crippen LogP contribution is 2.27. The maximum Gasteiger partial charge on any atom is 0.233 e. The Hall–Kier alpha value is -2.62. The van der Waals surface area contributed by atoms with E-state index in [2.05, 4.69) is 24.5 Å². The number of rotatable bonds is 5. The first-order valence-electron chi connectivity index (χ1n) is 7.71. The molecule has 0 aliphatic rings. The van der Waals surface area contributed by atoms with Gasteiger partial charge >= 0.3 is 0 Å². The van der Waals surface area contributed by atoms with Crippen LogP contribution in [0.2, 0.25) is 0 Å². The van der Waals surface area contributed by atoms with E-state index in [0.717, 1.165) is 16.8 Å². The van der Waals surface area contributed by atoms with E-state index >= 15 is 0 Å². The number of nitrogens with one attached hydrogen (secondary N) is 2. The van der Waals surface area contributed by atoms with Crippen LogP contribution in [0.3, 0.4) is 0 Å². The van der Waals surface area contributed by atoms with Gasteiger partial charge in [0, 0.05) is 11.4 Å². The molecule has 4 heteroatoms. The third-order valence-electron chi connectivity index (χ3n) is 3.57. The molecule has 4 nitrogen and oxygen atoms in total. The number of amides is 2. The highest BCUT2D eigenvalue weighted by Gasteiger charge is 2.14. The largest absolute Gasteiger partial charge is 0.326 e. The summed E-state index contributed by atoms with van der Waals surface area (Å²) in [7, 11) is 0. The van der Waals surface area contributed by atoms with Gasteiger partial charge in [-0.25, -0.2) is 0 Å². The van der Waals surface area contributed by atoms with Crippen molar-refractivity contribution in [3.8, 4) is 0 Å². The Morgan fingerprint density at radius 1 is 0.913 bits per heavy atom. The van der Waals surface area contributed by atoms with E-state index in [1.165, 1.54) is 0 Å². The fraction of sp³-hybridized carbons (Fsp3) is 0.263. The van der Waals surface area contributed by atoms with Crippen LogP contribution >= 0.6 is 0 Å². The smallest absolute Gasteiger partial charge is 0.233 e. The fourth-order valence-corrected chi connectivity index (χ4v) is 2.40. The predicted octanol–water partition coefficient (Wildman–Crippen LogP) is 4.09. The minimum absolute atomic E-state index is 0.208. The van der Waals surface area contributed by atoms with Crippen LogP contribution < -0.4 is 10.6 Å². The number of hydrogen-bond donors (Lipinski definition) is 2. The Morgan fingerprint density at radius 3 is 2.22 bits per heavy atom. The molecule has 23 heavy (non-hydrogen) atoms. The van der Waals surface area contributed by atoms with Crippen LogP contribution in [0.25, 0.3) is 0 Å². The molecule has 2 aromatic rings. The summed E-state index contributed by atoms with van der Waals surface area (Å²) in [6.45, 7) is 6.10. The van der Waals surface area contributed by atoms with E-state index in [0.29, 0.717) is 11.6 Å². The maximum absolute atomic E-state index is 12.2. The number of aryl methyl sites for hydroxylation is 1. The number of para-hydroxylation sites is 2. The monoisotopic (exact) mass is 310 g/mol. The number of anilines is 2. The highest BCUT2D eigenvalue weighted by atomic mass is 16.2. The van der Waals surface area contributed by atoms with Crippen LogP contribution in [0.15, 0.2) is 48.5 Å². The third kappa shape index (κ3) is 4.68. The quantitative estimate of drug-likeness (QED) is 0.817. The van der Waals surface area contributed by atoms with Crippen molar-refractivity contribution in [3.63, 3.8) is 0 Å². The van der Waals surface area contributed by atoms with E-state index in [4.69, 9.17) is 0 Å². The topological polar surface area (TPSA) is 58.2 Å². The van der Waals surface area contributed by atoms with Crippen molar-refractivity contribution in [3.05, 3.63) is 59.7 Å². The van der Waals surface area contributed by atoms with E-state index in [-0.39, 0.29) is 18.2 Å². The van der Waals surface area contributed by atoms with Crippen LogP contribution in [-0.4, -0.2) is 11.8 Å². The van der Waals surface area contributed by atoms with Crippen LogP contribution in [0, 0.1) is 6.92 Å². The molecule has 0 aromatic heterocycles. The summed E-state index contributed by atoms with van der Waals surface area (Å²) in [5.74, 6) is -0.341. The summed E-state index contributed by atoms with van der Waals surface area (Å²) >= 11 is 0. The molecule has 2 aromatic carbocycles. The third-order valence-corrected chi connectivity index (χ3v) is 3.57. The zero-order chi connectivity index (χ0) is 16.8. The van der Waals surface area contributed by atoms with Crippen molar-refractivity contribution >= 4 is 23.2 Å². The van der Waals surface area contributed by atoms with Crippen molar-refractivity contribution in [2.45, 2.75) is 33.1 Å². The van der Waals surface area contributed by atoms with Crippen LogP contribution in [0.1, 0.15) is 37.3 Å². The Morgan fingerprint density at radius 2 is 1.57 bits per heavy atom. The van der Waals surface area contributed by atoms with Crippen molar-refractivity contribution in [2.75, 3.05) is 10.6 Å². The second-order valence-electron chi connectivity index (χ2n) is 5.83. The van der Waals surface area contributed by atoms with Gasteiger partial charge in [0.1, 0.15) is 6.42 Å². The molecule has 0 spiro atoms. The van der Waals surface area contributed by atoms with Gasteiger partial charge in [0.25, 0.3) is 0 Å². The number of hydrogen-bond acceptors (Lipinski definition) is 2. The van der Waals surface area contributed by atoms with Gasteiger partial charge in [-0.05, 0) is 36.1 Å². The second kappa shape index (κ2) is 7.58. The minimum Gasteiger partial charge on any atom is -0.326 e. The summed E-state index contributed by atoms with van der Waals surface area (Å²) in [5, 5.41) is 5.59. The zero-order valence-electron chi connectivity index (χ0n) is 13.7. The van der Waals surface area contributed by atoms with Gasteiger partial charge in [-0.2, -0.15) is 0 Å². The van der Waals surface area contributed by atoms with Crippen molar-refractivity contribution in [1.29, 1.82) is 0 Å². The Kier molecular flexibility index (Phi) is 5.52. The van der Waals surface area contributed by atoms with Crippen molar-refractivity contribution in [2.24, 2.45) is 0 Å². The zero-order valence-corrected chi connectivity index (χ0v) is 13.7. The molecular formula is C19H22N2O2. The number of carbonyl (C=O) groups excluding carboxylic acids is 2. The molecule has 0 atom stereocenters. The molecule has 0 unspecified atom stereocenters. The lowest BCUT2D eigenvalue weighted by Gasteiger charge is -2.16. The molecule has 120 valence electrons. The summed E-state index contributed by atoms with van der Waals surface area (Å²) in [6, 6.07) is 15.0. The van der Waals surface area contributed by atoms with Gasteiger partial charge in [-0.3, -0.25) is 9.59 Å². The molecule has 0 saturated carbocycles. The Labute approximate surface area is 136 Å². The van der Waals surface area contributed by atoms with Gasteiger partial charge in [-0.1, -0.05) is 50.2 Å². The van der Waals surface area contributed by atoms with Crippen molar-refractivity contribution in [1.82, 2.24) is 0 Å². The van der Waals surface area contributed by atoms with E-state index in [1.54, 1.807) is 12.1 Å². The van der Waals surface area contributed by atoms with Gasteiger partial charge in [0.15, 0.2) is 0 Å². The lowest BCUT2D eigenvalue weighted by molar-refractivity contribution is -0.123. The van der Waals surface area contributed by atoms with Gasteiger partial charge < -0.3 is 10.6 Å². The van der Waals surface area contributed by atoms with Crippen molar-refractivity contribution < 1.29 is 9.59 Å². The van der Waals surface area contributed by atoms with Gasteiger partial charge in [0.05, 0.1) is 0 Å². The second-order valence-corrected chi connectivity index (χ2v) is 5.83. The number of benzene rings is 2. The van der Waals surface area contributed by atoms with Crippen LogP contribution in [-0.2, 0) is 9.59 Å². The van der Waals surface area contributed by atoms with Crippen LogP contribution in [0.5, 0.6) is 0 Å². The lowest BCUT2D eigenvalue weighted by Crippen LogP contribution is -2.22. The minimum atomic E-state index is -0.326. The highest BCUT2D eigenvalue weighted by molar-refractivity contribution is 6.08. The summed E-state index contributed by atoms with van der Waals surface area (Å²) in [5.41, 5.74) is 3.55. The summed E-state index contributed by atoms with van der Waals surface area (Å²) in [4.78, 5) is 24.1. The fourth-order valence-electron chi connectivity index (χ4n) is 2.40. The average Bonchev–Trinajstić information content (AvgIpc) is 2.49. The van der Waals surface area contributed by atoms with Crippen LogP contribution in [0.4, 0.5) is 11.4 Å². The Bertz CT molecular complexity index is 694. The molecule has 0 bridgehead atoms. The lowest BCUT2D eigenvalue weighted by atomic mass is 9.98. The number of carbonyl (C=O) groups is 2. The first-order valence-corrected chi connectivity index (χ1v) is 7.71. The SMILES string of the molecule is Cc1cccc(C(C)C)c1NC(=O)CC(=O)Nc1ccccc1. The molecule has 0 saturated heterocycles. The summed E-state index contributed by atoms with van der Waals surface area (Å²) in [6.07, 6.45) is -0.208. The summed E-state index contributed by atoms with van der Waals surface area (Å²) < 4.78 is 0. The molecule has 2 amide bonds. The van der Waals surface area contributed by atoms with E-state index < -0.39 is 0 Å². The molecule has 0 aliphatic carbocycles.